The van der Waals surface area contributed by atoms with Crippen molar-refractivity contribution >= 4 is 15.9 Å². The molecular formula is C12H10BrF7O. The van der Waals surface area contributed by atoms with Gasteiger partial charge in [-0.1, -0.05) is 28.1 Å². The molecule has 1 rings (SSSR count). The van der Waals surface area contributed by atoms with Crippen LogP contribution in [0.3, 0.4) is 0 Å². The number of alkyl halides is 7. The van der Waals surface area contributed by atoms with E-state index in [1.54, 1.807) is 0 Å². The average molecular weight is 383 g/mol. The first-order valence-corrected chi connectivity index (χ1v) is 6.31. The Morgan fingerprint density at radius 2 is 1.38 bits per heavy atom. The lowest BCUT2D eigenvalue weighted by Crippen LogP contribution is -2.54. The summed E-state index contributed by atoms with van der Waals surface area (Å²) in [5.74, 6) is -11.7. The van der Waals surface area contributed by atoms with E-state index < -0.39 is 30.0 Å². The van der Waals surface area contributed by atoms with E-state index in [1.807, 2.05) is 0 Å². The first kappa shape index (κ1) is 18.2. The molecular weight excluding hydrogens is 373 g/mol. The molecule has 1 unspecified atom stereocenters. The summed E-state index contributed by atoms with van der Waals surface area (Å²) in [6.45, 7) is 0.747. The third-order valence-electron chi connectivity index (χ3n) is 2.85. The van der Waals surface area contributed by atoms with Crippen LogP contribution in [0, 0.1) is 0 Å². The van der Waals surface area contributed by atoms with Crippen molar-refractivity contribution < 1.29 is 35.8 Å². The van der Waals surface area contributed by atoms with Gasteiger partial charge in [-0.15, -0.1) is 0 Å². The molecule has 0 amide bonds. The molecule has 21 heavy (non-hydrogen) atoms. The van der Waals surface area contributed by atoms with Gasteiger partial charge in [0, 0.05) is 4.47 Å². The Kier molecular flexibility index (Phi) is 4.70. The van der Waals surface area contributed by atoms with Crippen LogP contribution < -0.4 is 0 Å². The highest BCUT2D eigenvalue weighted by Crippen LogP contribution is 2.50. The summed E-state index contributed by atoms with van der Waals surface area (Å²) in [7, 11) is 0. The summed E-state index contributed by atoms with van der Waals surface area (Å²) in [6, 6.07) is 4.96. The van der Waals surface area contributed by atoms with E-state index in [0.717, 1.165) is 19.1 Å². The second kappa shape index (κ2) is 5.42. The molecule has 0 aromatic heterocycles. The van der Waals surface area contributed by atoms with Gasteiger partial charge in [-0.25, -0.2) is 0 Å². The first-order chi connectivity index (χ1) is 9.21. The third-order valence-corrected chi connectivity index (χ3v) is 3.38. The minimum absolute atomic E-state index is 0.205. The fraction of sp³-hybridized carbons (Fsp3) is 0.500. The molecule has 0 aliphatic rings. The largest absolute Gasteiger partial charge is 0.459 e. The topological polar surface area (TPSA) is 20.2 Å². The standard InChI is InChI=1S/C12H10BrF7O/c1-9(21,7-2-4-8(13)5-3-7)6-10(14,15)11(16,17)12(18,19)20/h2-5,21H,6H2,1H3. The van der Waals surface area contributed by atoms with E-state index in [1.165, 1.54) is 12.1 Å². The van der Waals surface area contributed by atoms with Crippen LogP contribution >= 0.6 is 15.9 Å². The first-order valence-electron chi connectivity index (χ1n) is 5.51. The van der Waals surface area contributed by atoms with Crippen LogP contribution in [-0.4, -0.2) is 23.1 Å². The molecule has 1 nitrogen and oxygen atoms in total. The highest BCUT2D eigenvalue weighted by Gasteiger charge is 2.73. The predicted octanol–water partition coefficient (Wildman–Crippen LogP) is 4.88. The lowest BCUT2D eigenvalue weighted by molar-refractivity contribution is -0.361. The number of hydrogen-bond acceptors (Lipinski definition) is 1. The lowest BCUT2D eigenvalue weighted by atomic mass is 9.87. The molecule has 0 radical (unpaired) electrons. The normalized spacial score (nSPS) is 16.7. The van der Waals surface area contributed by atoms with Gasteiger partial charge in [0.05, 0.1) is 12.0 Å². The molecule has 1 atom stereocenters. The van der Waals surface area contributed by atoms with Gasteiger partial charge in [-0.3, -0.25) is 0 Å². The van der Waals surface area contributed by atoms with Gasteiger partial charge in [-0.2, -0.15) is 30.7 Å². The van der Waals surface area contributed by atoms with Crippen LogP contribution in [0.5, 0.6) is 0 Å². The maximum atomic E-state index is 13.3. The van der Waals surface area contributed by atoms with Crippen molar-refractivity contribution in [3.05, 3.63) is 34.3 Å². The van der Waals surface area contributed by atoms with Crippen molar-refractivity contribution in [2.75, 3.05) is 0 Å². The van der Waals surface area contributed by atoms with Gasteiger partial charge >= 0.3 is 18.0 Å². The van der Waals surface area contributed by atoms with Gasteiger partial charge < -0.3 is 5.11 Å². The molecule has 1 aromatic carbocycles. The number of hydrogen-bond donors (Lipinski definition) is 1. The summed E-state index contributed by atoms with van der Waals surface area (Å²) in [6.07, 6.45) is -8.49. The van der Waals surface area contributed by atoms with Gasteiger partial charge in [0.25, 0.3) is 0 Å². The Labute approximate surface area is 123 Å². The predicted molar refractivity (Wildman–Crippen MR) is 64.3 cm³/mol. The van der Waals surface area contributed by atoms with E-state index in [4.69, 9.17) is 0 Å². The zero-order chi connectivity index (χ0) is 16.7. The van der Waals surface area contributed by atoms with Crippen LogP contribution in [-0.2, 0) is 5.60 Å². The van der Waals surface area contributed by atoms with Gasteiger partial charge in [0.15, 0.2) is 0 Å². The van der Waals surface area contributed by atoms with E-state index in [0.29, 0.717) is 4.47 Å². The molecule has 0 fully saturated rings. The lowest BCUT2D eigenvalue weighted by Gasteiger charge is -2.34. The SMILES string of the molecule is CC(O)(CC(F)(F)C(F)(F)C(F)(F)F)c1ccc(Br)cc1. The minimum atomic E-state index is -6.41. The molecule has 0 aliphatic heterocycles. The van der Waals surface area contributed by atoms with Crippen LogP contribution in [0.2, 0.25) is 0 Å². The Hall–Kier alpha value is -0.830. The maximum Gasteiger partial charge on any atom is 0.459 e. The molecule has 0 aliphatic carbocycles. The molecule has 120 valence electrons. The van der Waals surface area contributed by atoms with Crippen LogP contribution in [0.25, 0.3) is 0 Å². The zero-order valence-corrected chi connectivity index (χ0v) is 12.1. The second-order valence-corrected chi connectivity index (χ2v) is 5.65. The number of aliphatic hydroxyl groups is 1. The van der Waals surface area contributed by atoms with Crippen molar-refractivity contribution in [2.45, 2.75) is 37.0 Å². The summed E-state index contributed by atoms with van der Waals surface area (Å²) < 4.78 is 88.9. The number of halogens is 8. The van der Waals surface area contributed by atoms with Crippen molar-refractivity contribution in [2.24, 2.45) is 0 Å². The van der Waals surface area contributed by atoms with Crippen LogP contribution in [0.4, 0.5) is 30.7 Å². The van der Waals surface area contributed by atoms with E-state index in [-0.39, 0.29) is 5.56 Å². The van der Waals surface area contributed by atoms with Crippen molar-refractivity contribution in [3.63, 3.8) is 0 Å². The Balaban J connectivity index is 3.09. The van der Waals surface area contributed by atoms with E-state index in [9.17, 15) is 35.8 Å². The fourth-order valence-corrected chi connectivity index (χ4v) is 1.93. The quantitative estimate of drug-likeness (QED) is 0.735. The van der Waals surface area contributed by atoms with Crippen molar-refractivity contribution in [3.8, 4) is 0 Å². The van der Waals surface area contributed by atoms with Crippen molar-refractivity contribution in [1.29, 1.82) is 0 Å². The van der Waals surface area contributed by atoms with E-state index >= 15 is 0 Å². The highest BCUT2D eigenvalue weighted by molar-refractivity contribution is 9.10. The van der Waals surface area contributed by atoms with Crippen LogP contribution in [0.1, 0.15) is 18.9 Å². The molecule has 0 spiro atoms. The summed E-state index contributed by atoms with van der Waals surface area (Å²) in [5, 5.41) is 9.85. The van der Waals surface area contributed by atoms with Crippen molar-refractivity contribution in [1.82, 2.24) is 0 Å². The monoisotopic (exact) mass is 382 g/mol. The molecule has 0 saturated carbocycles. The fourth-order valence-electron chi connectivity index (χ4n) is 1.66. The molecule has 0 bridgehead atoms. The summed E-state index contributed by atoms with van der Waals surface area (Å²) >= 11 is 3.03. The van der Waals surface area contributed by atoms with Gasteiger partial charge in [0.1, 0.15) is 0 Å². The third kappa shape index (κ3) is 3.68. The average Bonchev–Trinajstić information content (AvgIpc) is 2.26. The molecule has 1 N–H and O–H groups in total. The molecule has 1 aromatic rings. The zero-order valence-electron chi connectivity index (χ0n) is 10.5. The molecule has 9 heteroatoms. The summed E-state index contributed by atoms with van der Waals surface area (Å²) in [5.41, 5.74) is -2.76. The smallest absolute Gasteiger partial charge is 0.385 e. The number of rotatable bonds is 4. The Bertz CT molecular complexity index is 493. The second-order valence-electron chi connectivity index (χ2n) is 4.73. The minimum Gasteiger partial charge on any atom is -0.385 e. The number of benzene rings is 1. The highest BCUT2D eigenvalue weighted by atomic mass is 79.9. The van der Waals surface area contributed by atoms with Gasteiger partial charge in [0.2, 0.25) is 0 Å². The molecule has 0 saturated heterocycles. The molecule has 0 heterocycles. The Morgan fingerprint density at radius 1 is 0.952 bits per heavy atom. The summed E-state index contributed by atoms with van der Waals surface area (Å²) in [4.78, 5) is 0. The van der Waals surface area contributed by atoms with Crippen LogP contribution in [0.15, 0.2) is 28.7 Å². The maximum absolute atomic E-state index is 13.3. The van der Waals surface area contributed by atoms with E-state index in [2.05, 4.69) is 15.9 Å². The van der Waals surface area contributed by atoms with Gasteiger partial charge in [-0.05, 0) is 24.6 Å². The Morgan fingerprint density at radius 3 is 1.76 bits per heavy atom.